The van der Waals surface area contributed by atoms with Crippen molar-refractivity contribution in [1.29, 1.82) is 0 Å². The van der Waals surface area contributed by atoms with E-state index in [0.29, 0.717) is 30.3 Å². The van der Waals surface area contributed by atoms with Crippen LogP contribution in [0.5, 0.6) is 0 Å². The lowest BCUT2D eigenvalue weighted by atomic mass is 9.38. The number of fused-ring (bicyclic) bond motifs is 3. The van der Waals surface area contributed by atoms with Crippen molar-refractivity contribution in [2.24, 2.45) is 34.5 Å². The van der Waals surface area contributed by atoms with Crippen LogP contribution in [-0.2, 0) is 14.3 Å². The summed E-state index contributed by atoms with van der Waals surface area (Å²) in [7, 11) is 0. The number of epoxide rings is 1. The third-order valence-electron chi connectivity index (χ3n) is 9.60. The van der Waals surface area contributed by atoms with Gasteiger partial charge in [-0.05, 0) is 60.3 Å². The van der Waals surface area contributed by atoms with E-state index in [1.54, 1.807) is 0 Å². The van der Waals surface area contributed by atoms with E-state index in [0.717, 1.165) is 31.3 Å². The standard InChI is InChI=1S/C22H32O4/c1-11(2)14-8-12(3)21(5)20(4)7-6-13-15(10-25-19(13)24)16(20)9-17-22(21,26-17)18(14)23/h11-12,14,16-18,23H,6-10H2,1-5H3. The Morgan fingerprint density at radius 2 is 1.96 bits per heavy atom. The molecule has 0 aromatic carbocycles. The fourth-order valence-electron chi connectivity index (χ4n) is 7.77. The number of carbonyl (C=O) groups excluding carboxylic acids is 1. The molecule has 5 rings (SSSR count). The van der Waals surface area contributed by atoms with Gasteiger partial charge in [0.2, 0.25) is 0 Å². The molecule has 0 amide bonds. The topological polar surface area (TPSA) is 59.1 Å². The number of rotatable bonds is 1. The van der Waals surface area contributed by atoms with Crippen LogP contribution in [0.3, 0.4) is 0 Å². The van der Waals surface area contributed by atoms with E-state index in [1.807, 2.05) is 0 Å². The average molecular weight is 360 g/mol. The van der Waals surface area contributed by atoms with Crippen molar-refractivity contribution >= 4 is 5.97 Å². The Morgan fingerprint density at radius 3 is 2.65 bits per heavy atom. The van der Waals surface area contributed by atoms with Gasteiger partial charge in [-0.3, -0.25) is 0 Å². The molecular weight excluding hydrogens is 328 g/mol. The quantitative estimate of drug-likeness (QED) is 0.574. The van der Waals surface area contributed by atoms with Gasteiger partial charge in [-0.1, -0.05) is 34.6 Å². The Balaban J connectivity index is 1.63. The van der Waals surface area contributed by atoms with E-state index < -0.39 is 5.60 Å². The summed E-state index contributed by atoms with van der Waals surface area (Å²) < 4.78 is 11.9. The van der Waals surface area contributed by atoms with Gasteiger partial charge in [0.25, 0.3) is 0 Å². The summed E-state index contributed by atoms with van der Waals surface area (Å²) in [4.78, 5) is 12.1. The molecule has 8 atom stereocenters. The Morgan fingerprint density at radius 1 is 1.23 bits per heavy atom. The molecular formula is C22H32O4. The largest absolute Gasteiger partial charge is 0.458 e. The minimum absolute atomic E-state index is 0.0369. The Bertz CT molecular complexity index is 711. The monoisotopic (exact) mass is 360 g/mol. The SMILES string of the molecule is CC(C)C1CC(C)C2(C)C3(C)CCC4=C(COC4=O)C3CC3OC32C1O. The van der Waals surface area contributed by atoms with Gasteiger partial charge in [-0.2, -0.15) is 0 Å². The highest BCUT2D eigenvalue weighted by Crippen LogP contribution is 2.77. The maximum atomic E-state index is 12.1. The van der Waals surface area contributed by atoms with E-state index in [4.69, 9.17) is 9.47 Å². The van der Waals surface area contributed by atoms with Crippen LogP contribution in [0, 0.1) is 34.5 Å². The second-order valence-corrected chi connectivity index (χ2v) is 10.4. The van der Waals surface area contributed by atoms with Gasteiger partial charge in [0.05, 0.1) is 12.2 Å². The van der Waals surface area contributed by atoms with E-state index in [1.165, 1.54) is 5.57 Å². The Kier molecular flexibility index (Phi) is 3.27. The second-order valence-electron chi connectivity index (χ2n) is 10.4. The highest BCUT2D eigenvalue weighted by molar-refractivity contribution is 5.92. The van der Waals surface area contributed by atoms with E-state index >= 15 is 0 Å². The molecule has 2 saturated carbocycles. The van der Waals surface area contributed by atoms with Crippen molar-refractivity contribution in [1.82, 2.24) is 0 Å². The van der Waals surface area contributed by atoms with Crippen molar-refractivity contribution in [2.75, 3.05) is 6.61 Å². The third-order valence-corrected chi connectivity index (χ3v) is 9.60. The van der Waals surface area contributed by atoms with Crippen molar-refractivity contribution in [3.05, 3.63) is 11.1 Å². The summed E-state index contributed by atoms with van der Waals surface area (Å²) in [5.74, 6) is 1.49. The molecule has 5 aliphatic rings. The summed E-state index contributed by atoms with van der Waals surface area (Å²) in [6.45, 7) is 12.1. The Hall–Kier alpha value is -0.870. The molecule has 0 aromatic heterocycles. The maximum Gasteiger partial charge on any atom is 0.334 e. The predicted molar refractivity (Wildman–Crippen MR) is 97.3 cm³/mol. The van der Waals surface area contributed by atoms with Crippen molar-refractivity contribution in [3.63, 3.8) is 0 Å². The summed E-state index contributed by atoms with van der Waals surface area (Å²) in [6.07, 6.45) is 3.51. The zero-order chi connectivity index (χ0) is 18.6. The number of hydrogen-bond donors (Lipinski definition) is 1. The fraction of sp³-hybridized carbons (Fsp3) is 0.864. The van der Waals surface area contributed by atoms with Gasteiger partial charge < -0.3 is 14.6 Å². The van der Waals surface area contributed by atoms with Gasteiger partial charge in [0.15, 0.2) is 0 Å². The molecule has 144 valence electrons. The van der Waals surface area contributed by atoms with Gasteiger partial charge in [-0.25, -0.2) is 4.79 Å². The summed E-state index contributed by atoms with van der Waals surface area (Å²) in [5, 5.41) is 11.4. The molecule has 26 heavy (non-hydrogen) atoms. The average Bonchev–Trinajstić information content (AvgIpc) is 3.21. The minimum atomic E-state index is -0.396. The molecule has 0 radical (unpaired) electrons. The second kappa shape index (κ2) is 4.94. The first kappa shape index (κ1) is 17.2. The Labute approximate surface area is 156 Å². The molecule has 1 spiro atoms. The van der Waals surface area contributed by atoms with Gasteiger partial charge >= 0.3 is 5.97 Å². The molecule has 4 nitrogen and oxygen atoms in total. The zero-order valence-electron chi connectivity index (χ0n) is 16.7. The molecule has 3 fully saturated rings. The highest BCUT2D eigenvalue weighted by atomic mass is 16.6. The smallest absolute Gasteiger partial charge is 0.334 e. The van der Waals surface area contributed by atoms with Crippen LogP contribution in [0.25, 0.3) is 0 Å². The molecule has 3 aliphatic carbocycles. The third kappa shape index (κ3) is 1.64. The first-order valence-corrected chi connectivity index (χ1v) is 10.4. The van der Waals surface area contributed by atoms with Crippen LogP contribution in [-0.4, -0.2) is 35.5 Å². The van der Waals surface area contributed by atoms with Crippen LogP contribution >= 0.6 is 0 Å². The van der Waals surface area contributed by atoms with Crippen LogP contribution in [0.4, 0.5) is 0 Å². The predicted octanol–water partition coefficient (Wildman–Crippen LogP) is 3.48. The number of hydrogen-bond acceptors (Lipinski definition) is 4. The van der Waals surface area contributed by atoms with Crippen molar-refractivity contribution in [3.8, 4) is 0 Å². The van der Waals surface area contributed by atoms with Crippen molar-refractivity contribution in [2.45, 2.75) is 78.1 Å². The molecule has 2 heterocycles. The van der Waals surface area contributed by atoms with E-state index in [-0.39, 0.29) is 29.0 Å². The molecule has 1 N–H and O–H groups in total. The van der Waals surface area contributed by atoms with Gasteiger partial charge in [-0.15, -0.1) is 0 Å². The number of ether oxygens (including phenoxy) is 2. The van der Waals surface area contributed by atoms with Crippen LogP contribution in [0.15, 0.2) is 11.1 Å². The maximum absolute atomic E-state index is 12.1. The molecule has 2 aliphatic heterocycles. The lowest BCUT2D eigenvalue weighted by Gasteiger charge is -2.65. The molecule has 0 bridgehead atoms. The number of aliphatic hydroxyl groups is 1. The number of carbonyl (C=O) groups is 1. The molecule has 4 heteroatoms. The fourth-order valence-corrected chi connectivity index (χ4v) is 7.77. The molecule has 0 aromatic rings. The van der Waals surface area contributed by atoms with E-state index in [2.05, 4.69) is 34.6 Å². The summed E-state index contributed by atoms with van der Waals surface area (Å²) in [5.41, 5.74) is 1.74. The first-order chi connectivity index (χ1) is 12.2. The lowest BCUT2D eigenvalue weighted by molar-refractivity contribution is -0.192. The summed E-state index contributed by atoms with van der Waals surface area (Å²) in [6, 6.07) is 0. The first-order valence-electron chi connectivity index (χ1n) is 10.4. The lowest BCUT2D eigenvalue weighted by Crippen LogP contribution is -2.68. The van der Waals surface area contributed by atoms with Crippen molar-refractivity contribution < 1.29 is 19.4 Å². The van der Waals surface area contributed by atoms with Crippen LogP contribution < -0.4 is 0 Å². The van der Waals surface area contributed by atoms with Crippen LogP contribution in [0.1, 0.15) is 60.3 Å². The van der Waals surface area contributed by atoms with Gasteiger partial charge in [0.1, 0.15) is 12.2 Å². The van der Waals surface area contributed by atoms with E-state index in [9.17, 15) is 9.90 Å². The normalized spacial score (nSPS) is 55.0. The number of aliphatic hydroxyl groups excluding tert-OH is 1. The van der Waals surface area contributed by atoms with Gasteiger partial charge in [0, 0.05) is 11.0 Å². The van der Waals surface area contributed by atoms with Crippen LogP contribution in [0.2, 0.25) is 0 Å². The molecule has 8 unspecified atom stereocenters. The zero-order valence-corrected chi connectivity index (χ0v) is 16.7. The summed E-state index contributed by atoms with van der Waals surface area (Å²) >= 11 is 0. The number of cyclic esters (lactones) is 1. The minimum Gasteiger partial charge on any atom is -0.458 e. The number of esters is 1. The molecule has 1 saturated heterocycles. The highest BCUT2D eigenvalue weighted by Gasteiger charge is 2.82.